The molecule has 0 spiro atoms. The molecule has 3 aliphatic carbocycles. The first kappa shape index (κ1) is 60.4. The molecular weight excluding hydrogens is 1010 g/mol. The molecule has 7 rings (SSSR count). The van der Waals surface area contributed by atoms with Crippen molar-refractivity contribution >= 4 is 41.5 Å². The van der Waals surface area contributed by atoms with E-state index in [4.69, 9.17) is 28.4 Å². The zero-order valence-electron chi connectivity index (χ0n) is 47.0. The fourth-order valence-electron chi connectivity index (χ4n) is 12.8. The molecule has 1 amide bonds. The first-order chi connectivity index (χ1) is 37.7. The number of ketones is 1. The van der Waals surface area contributed by atoms with Crippen LogP contribution in [0.5, 0.6) is 0 Å². The molecule has 2 bridgehead atoms. The smallest absolute Gasteiger partial charge is 0.350 e. The predicted molar refractivity (Wildman–Crippen MR) is 292 cm³/mol. The third-order valence-electron chi connectivity index (χ3n) is 17.2. The van der Waals surface area contributed by atoms with Gasteiger partial charge in [-0.15, -0.1) is 0 Å². The number of amides is 1. The Morgan fingerprint density at radius 2 is 1.27 bits per heavy atom. The number of unbranched alkanes of at least 4 members (excludes halogenated alkanes) is 12. The molecule has 2 unspecified atom stereocenters. The van der Waals surface area contributed by atoms with Gasteiger partial charge in [-0.05, 0) is 61.2 Å². The van der Waals surface area contributed by atoms with Gasteiger partial charge in [0, 0.05) is 44.1 Å². The Balaban J connectivity index is 1.27. The normalized spacial score (nSPS) is 27.5. The van der Waals surface area contributed by atoms with Gasteiger partial charge in [-0.3, -0.25) is 24.0 Å². The van der Waals surface area contributed by atoms with Crippen molar-refractivity contribution in [3.63, 3.8) is 0 Å². The number of ether oxygens (including phenoxy) is 6. The Morgan fingerprint density at radius 3 is 1.80 bits per heavy atom. The zero-order chi connectivity index (χ0) is 57.1. The highest BCUT2D eigenvalue weighted by Gasteiger charge is 2.78. The van der Waals surface area contributed by atoms with Crippen LogP contribution in [-0.2, 0) is 52.4 Å². The van der Waals surface area contributed by atoms with Crippen molar-refractivity contribution in [3.8, 4) is 0 Å². The lowest BCUT2D eigenvalue weighted by Gasteiger charge is -2.67. The number of hydrogen-bond acceptors (Lipinski definition) is 15. The molecule has 4 aliphatic rings. The molecule has 3 fully saturated rings. The summed E-state index contributed by atoms with van der Waals surface area (Å²) in [4.78, 5) is 100. The number of aliphatic hydroxyl groups excluding tert-OH is 1. The van der Waals surface area contributed by atoms with Gasteiger partial charge in [-0.25, -0.2) is 9.59 Å². The number of esters is 5. The third kappa shape index (κ3) is 13.0. The van der Waals surface area contributed by atoms with Crippen LogP contribution in [0.4, 0.5) is 0 Å². The molecular formula is C63H81NO15. The summed E-state index contributed by atoms with van der Waals surface area (Å²) in [6.45, 7) is 10.3. The van der Waals surface area contributed by atoms with Crippen LogP contribution < -0.4 is 5.32 Å². The van der Waals surface area contributed by atoms with Crippen molar-refractivity contribution in [1.29, 1.82) is 0 Å². The topological polar surface area (TPSA) is 227 Å². The maximum atomic E-state index is 15.8. The van der Waals surface area contributed by atoms with E-state index in [2.05, 4.69) is 12.2 Å². The molecule has 1 saturated heterocycles. The van der Waals surface area contributed by atoms with Gasteiger partial charge in [-0.1, -0.05) is 165 Å². The highest BCUT2D eigenvalue weighted by Crippen LogP contribution is 2.64. The van der Waals surface area contributed by atoms with Gasteiger partial charge in [0.15, 0.2) is 17.5 Å². The Labute approximate surface area is 464 Å². The predicted octanol–water partition coefficient (Wildman–Crippen LogP) is 9.77. The van der Waals surface area contributed by atoms with E-state index in [0.29, 0.717) is 12.0 Å². The zero-order valence-corrected chi connectivity index (χ0v) is 47.0. The van der Waals surface area contributed by atoms with Crippen molar-refractivity contribution in [3.05, 3.63) is 119 Å². The van der Waals surface area contributed by atoms with Gasteiger partial charge < -0.3 is 44.0 Å². The van der Waals surface area contributed by atoms with Gasteiger partial charge in [0.1, 0.15) is 30.0 Å². The van der Waals surface area contributed by atoms with Crippen LogP contribution in [0.25, 0.3) is 0 Å². The third-order valence-corrected chi connectivity index (χ3v) is 17.2. The molecule has 0 radical (unpaired) electrons. The van der Waals surface area contributed by atoms with E-state index < -0.39 is 119 Å². The Morgan fingerprint density at radius 1 is 0.722 bits per heavy atom. The first-order valence-electron chi connectivity index (χ1n) is 28.4. The molecule has 2 saturated carbocycles. The molecule has 16 nitrogen and oxygen atoms in total. The highest BCUT2D eigenvalue weighted by atomic mass is 16.6. The minimum atomic E-state index is -2.44. The fraction of sp³-hybridized carbons (Fsp3) is 0.571. The van der Waals surface area contributed by atoms with Gasteiger partial charge in [-0.2, -0.15) is 0 Å². The Hall–Kier alpha value is -6.23. The van der Waals surface area contributed by atoms with Crippen LogP contribution >= 0.6 is 0 Å². The van der Waals surface area contributed by atoms with Gasteiger partial charge >= 0.3 is 29.8 Å². The molecule has 3 aromatic carbocycles. The van der Waals surface area contributed by atoms with E-state index in [-0.39, 0.29) is 41.7 Å². The maximum Gasteiger partial charge on any atom is 0.350 e. The summed E-state index contributed by atoms with van der Waals surface area (Å²) in [5, 5.41) is 29.2. The second kappa shape index (κ2) is 26.4. The number of nitrogens with one attached hydrogen (secondary N) is 1. The molecule has 3 aromatic rings. The lowest BCUT2D eigenvalue weighted by atomic mass is 9.44. The summed E-state index contributed by atoms with van der Waals surface area (Å²) in [6, 6.07) is 23.4. The number of Topliss-reactive ketones (excluding diaryl/α,β-unsaturated/α-hetero) is 1. The number of hydrogen-bond donors (Lipinski definition) is 3. The van der Waals surface area contributed by atoms with Gasteiger partial charge in [0.05, 0.1) is 29.6 Å². The van der Waals surface area contributed by atoms with E-state index in [1.165, 1.54) is 64.0 Å². The summed E-state index contributed by atoms with van der Waals surface area (Å²) in [7, 11) is 0. The number of fused-ring (bicyclic) bond motifs is 5. The molecule has 428 valence electrons. The van der Waals surface area contributed by atoms with E-state index in [0.717, 1.165) is 46.0 Å². The summed E-state index contributed by atoms with van der Waals surface area (Å²) in [5.41, 5.74) is -7.15. The number of rotatable bonds is 25. The maximum absolute atomic E-state index is 15.8. The summed E-state index contributed by atoms with van der Waals surface area (Å²) < 4.78 is 37.3. The average molecular weight is 1090 g/mol. The van der Waals surface area contributed by atoms with E-state index in [1.807, 2.05) is 0 Å². The molecule has 3 N–H and O–H groups in total. The minimum absolute atomic E-state index is 0.00616. The lowest BCUT2D eigenvalue weighted by molar-refractivity contribution is -0.346. The number of carbonyl (C=O) groups excluding carboxylic acids is 7. The van der Waals surface area contributed by atoms with Crippen LogP contribution in [0.1, 0.15) is 184 Å². The van der Waals surface area contributed by atoms with Crippen LogP contribution in [0.3, 0.4) is 0 Å². The van der Waals surface area contributed by atoms with Crippen molar-refractivity contribution in [2.75, 3.05) is 6.61 Å². The average Bonchev–Trinajstić information content (AvgIpc) is 2.48. The second-order valence-corrected chi connectivity index (χ2v) is 22.8. The van der Waals surface area contributed by atoms with E-state index in [1.54, 1.807) is 99.6 Å². The monoisotopic (exact) mass is 1090 g/mol. The largest absolute Gasteiger partial charge is 0.455 e. The van der Waals surface area contributed by atoms with Crippen molar-refractivity contribution in [2.45, 2.75) is 205 Å². The number of aliphatic hydroxyl groups is 2. The van der Waals surface area contributed by atoms with Gasteiger partial charge in [0.2, 0.25) is 6.10 Å². The summed E-state index contributed by atoms with van der Waals surface area (Å²) in [6.07, 6.45) is 3.69. The van der Waals surface area contributed by atoms with Crippen molar-refractivity contribution < 1.29 is 72.2 Å². The Bertz CT molecular complexity index is 2660. The van der Waals surface area contributed by atoms with Crippen LogP contribution in [0.2, 0.25) is 0 Å². The molecule has 11 atom stereocenters. The molecule has 1 heterocycles. The molecule has 16 heteroatoms. The standard InChI is InChI=1S/C63H81NO15/c1-8-9-10-11-12-13-14-15-16-17-18-19-29-36-49(68)77-53(51(43-30-23-20-24-31-43)64-57(70)44-32-25-21-26-33-44)59(72)76-46-38-63(73)56(78-58(71)45-34-27-22-28-35-45)54-61(7,47(67)37-48-62(54,39-74-48)79-42(4)66)55(69)52(75-41(3)65)50(40(46)2)60(63,5)6/h20-28,30-35,46-48,51-54,56,67,73H,8-19,29,36-39H2,1-7H3,(H,64,70)/t46-,47-,48+,51-,52+,53+,54?,56?,61+,62-,63+/m0/s1. The highest BCUT2D eigenvalue weighted by molar-refractivity contribution is 5.96. The lowest BCUT2D eigenvalue weighted by Crippen LogP contribution is -2.82. The first-order valence-corrected chi connectivity index (χ1v) is 28.4. The Kier molecular flexibility index (Phi) is 20.2. The SMILES string of the molecule is CCCCCCCCCCCCCCCC(=O)O[C@@H](C(=O)O[C@H]1C[C@@]2(O)C(OC(=O)c3ccccc3)C3[C@](C)(C(=O)[C@H](OC(C)=O)C(=C1C)C2(C)C)[C@@H](O)C[C@H]1OC[C@@]31OC(C)=O)[C@@H](NC(=O)c1ccccc1)c1ccccc1. The van der Waals surface area contributed by atoms with Crippen molar-refractivity contribution in [1.82, 2.24) is 5.32 Å². The van der Waals surface area contributed by atoms with E-state index in [9.17, 15) is 34.2 Å². The molecule has 79 heavy (non-hydrogen) atoms. The quantitative estimate of drug-likeness (QED) is 0.0311. The van der Waals surface area contributed by atoms with E-state index >= 15 is 9.59 Å². The van der Waals surface area contributed by atoms with Crippen LogP contribution in [0, 0.1) is 16.7 Å². The number of carbonyl (C=O) groups is 7. The fourth-order valence-corrected chi connectivity index (χ4v) is 12.8. The van der Waals surface area contributed by atoms with Crippen LogP contribution in [-0.4, -0.2) is 106 Å². The van der Waals surface area contributed by atoms with Gasteiger partial charge in [0.25, 0.3) is 5.91 Å². The second-order valence-electron chi connectivity index (χ2n) is 22.8. The molecule has 1 aliphatic heterocycles. The summed E-state index contributed by atoms with van der Waals surface area (Å²) >= 11 is 0. The molecule has 0 aromatic heterocycles. The van der Waals surface area contributed by atoms with Crippen LogP contribution in [0.15, 0.2) is 102 Å². The number of benzene rings is 3. The summed E-state index contributed by atoms with van der Waals surface area (Å²) in [5.74, 6) is -7.51. The minimum Gasteiger partial charge on any atom is -0.455 e. The van der Waals surface area contributed by atoms with Crippen molar-refractivity contribution in [2.24, 2.45) is 16.7 Å².